The van der Waals surface area contributed by atoms with Gasteiger partial charge >= 0.3 is 0 Å². The summed E-state index contributed by atoms with van der Waals surface area (Å²) in [5.74, 6) is -0.792. The van der Waals surface area contributed by atoms with Crippen LogP contribution in [0.5, 0.6) is 5.75 Å². The minimum atomic E-state index is -3.25. The van der Waals surface area contributed by atoms with Gasteiger partial charge in [-0.25, -0.2) is 12.8 Å². The Kier molecular flexibility index (Phi) is 6.17. The predicted molar refractivity (Wildman–Crippen MR) is 106 cm³/mol. The molecule has 1 fully saturated rings. The second kappa shape index (κ2) is 8.27. The maximum Gasteiger partial charge on any atom is 0.254 e. The van der Waals surface area contributed by atoms with Crippen LogP contribution >= 0.6 is 23.2 Å². The first-order valence-corrected chi connectivity index (χ1v) is 11.1. The average Bonchev–Trinajstić information content (AvgIpc) is 3.00. The third kappa shape index (κ3) is 4.42. The number of benzene rings is 2. The number of methoxy groups -OCH3 is 1. The topological polar surface area (TPSA) is 63.7 Å². The lowest BCUT2D eigenvalue weighted by Crippen LogP contribution is -2.41. The van der Waals surface area contributed by atoms with Crippen LogP contribution in [-0.4, -0.2) is 43.9 Å². The summed E-state index contributed by atoms with van der Waals surface area (Å²) in [5, 5.41) is 0.419. The number of halogens is 3. The number of rotatable bonds is 5. The molecular formula is C19H18Cl2FNO4S. The van der Waals surface area contributed by atoms with E-state index in [4.69, 9.17) is 27.9 Å². The van der Waals surface area contributed by atoms with E-state index in [1.165, 1.54) is 42.3 Å². The summed E-state index contributed by atoms with van der Waals surface area (Å²) in [6.45, 7) is -0.145. The van der Waals surface area contributed by atoms with E-state index in [-0.39, 0.29) is 45.6 Å². The maximum atomic E-state index is 14.3. The molecule has 1 saturated heterocycles. The van der Waals surface area contributed by atoms with Crippen molar-refractivity contribution in [1.82, 2.24) is 4.90 Å². The van der Waals surface area contributed by atoms with Gasteiger partial charge in [-0.05, 0) is 36.8 Å². The van der Waals surface area contributed by atoms with Gasteiger partial charge in [-0.3, -0.25) is 4.79 Å². The molecule has 150 valence electrons. The molecule has 0 bridgehead atoms. The molecule has 2 aromatic carbocycles. The molecule has 0 saturated carbocycles. The fourth-order valence-electron chi connectivity index (χ4n) is 3.21. The van der Waals surface area contributed by atoms with E-state index in [1.807, 2.05) is 0 Å². The van der Waals surface area contributed by atoms with E-state index < -0.39 is 27.6 Å². The largest absolute Gasteiger partial charge is 0.495 e. The highest BCUT2D eigenvalue weighted by atomic mass is 35.5. The molecule has 28 heavy (non-hydrogen) atoms. The van der Waals surface area contributed by atoms with Gasteiger partial charge in [0.1, 0.15) is 11.6 Å². The van der Waals surface area contributed by atoms with Crippen LogP contribution in [0.3, 0.4) is 0 Å². The van der Waals surface area contributed by atoms with Gasteiger partial charge in [0.25, 0.3) is 5.91 Å². The molecule has 1 unspecified atom stereocenters. The molecule has 1 amide bonds. The van der Waals surface area contributed by atoms with Crippen molar-refractivity contribution in [3.8, 4) is 5.75 Å². The SMILES string of the molecule is COc1ccc(C(=O)N(Cc2c(F)cccc2Cl)C2CCS(=O)(=O)C2)cc1Cl. The molecule has 0 N–H and O–H groups in total. The van der Waals surface area contributed by atoms with Crippen LogP contribution < -0.4 is 4.74 Å². The lowest BCUT2D eigenvalue weighted by atomic mass is 10.1. The monoisotopic (exact) mass is 445 g/mol. The number of ether oxygens (including phenoxy) is 1. The fraction of sp³-hybridized carbons (Fsp3) is 0.316. The lowest BCUT2D eigenvalue weighted by Gasteiger charge is -2.29. The Balaban J connectivity index is 1.98. The summed E-state index contributed by atoms with van der Waals surface area (Å²) in [4.78, 5) is 14.5. The van der Waals surface area contributed by atoms with Crippen LogP contribution in [0.1, 0.15) is 22.3 Å². The average molecular weight is 446 g/mol. The van der Waals surface area contributed by atoms with Crippen LogP contribution in [0.4, 0.5) is 4.39 Å². The number of hydrogen-bond acceptors (Lipinski definition) is 4. The number of nitrogens with zero attached hydrogens (tertiary/aromatic N) is 1. The quantitative estimate of drug-likeness (QED) is 0.698. The van der Waals surface area contributed by atoms with Crippen LogP contribution in [-0.2, 0) is 16.4 Å². The molecule has 9 heteroatoms. The van der Waals surface area contributed by atoms with Crippen molar-refractivity contribution >= 4 is 38.9 Å². The van der Waals surface area contributed by atoms with E-state index in [1.54, 1.807) is 6.07 Å². The van der Waals surface area contributed by atoms with Crippen molar-refractivity contribution in [3.05, 3.63) is 63.4 Å². The summed E-state index contributed by atoms with van der Waals surface area (Å²) < 4.78 is 43.3. The highest BCUT2D eigenvalue weighted by molar-refractivity contribution is 7.91. The van der Waals surface area contributed by atoms with Crippen LogP contribution in [0.15, 0.2) is 36.4 Å². The number of carbonyl (C=O) groups excluding carboxylic acids is 1. The third-order valence-electron chi connectivity index (χ3n) is 4.70. The maximum absolute atomic E-state index is 14.3. The lowest BCUT2D eigenvalue weighted by molar-refractivity contribution is 0.0679. The van der Waals surface area contributed by atoms with Crippen molar-refractivity contribution in [2.75, 3.05) is 18.6 Å². The summed E-state index contributed by atoms with van der Waals surface area (Å²) in [6, 6.07) is 8.20. The van der Waals surface area contributed by atoms with E-state index >= 15 is 0 Å². The standard InChI is InChI=1S/C19H18Cl2FNO4S/c1-27-18-6-5-12(9-16(18)21)19(24)23(13-7-8-28(25,26)11-13)10-14-15(20)3-2-4-17(14)22/h2-6,9,13H,7-8,10-11H2,1H3. The molecule has 1 heterocycles. The van der Waals surface area contributed by atoms with Crippen molar-refractivity contribution in [1.29, 1.82) is 0 Å². The predicted octanol–water partition coefficient (Wildman–Crippen LogP) is 3.97. The van der Waals surface area contributed by atoms with Gasteiger partial charge < -0.3 is 9.64 Å². The Morgan fingerprint density at radius 3 is 2.57 bits per heavy atom. The molecule has 0 aromatic heterocycles. The van der Waals surface area contributed by atoms with Crippen molar-refractivity contribution in [2.45, 2.75) is 19.0 Å². The second-order valence-corrected chi connectivity index (χ2v) is 9.58. The van der Waals surface area contributed by atoms with Gasteiger partial charge in [0.05, 0.1) is 30.2 Å². The second-order valence-electron chi connectivity index (χ2n) is 6.54. The minimum Gasteiger partial charge on any atom is -0.495 e. The molecule has 0 aliphatic carbocycles. The summed E-state index contributed by atoms with van der Waals surface area (Å²) >= 11 is 12.2. The van der Waals surface area contributed by atoms with Crippen molar-refractivity contribution in [2.24, 2.45) is 0 Å². The summed E-state index contributed by atoms with van der Waals surface area (Å²) in [5.41, 5.74) is 0.393. The van der Waals surface area contributed by atoms with Gasteiger partial charge in [-0.2, -0.15) is 0 Å². The van der Waals surface area contributed by atoms with Crippen LogP contribution in [0, 0.1) is 5.82 Å². The van der Waals surface area contributed by atoms with Crippen LogP contribution in [0.2, 0.25) is 10.0 Å². The van der Waals surface area contributed by atoms with E-state index in [2.05, 4.69) is 0 Å². The molecule has 2 aromatic rings. The Hall–Kier alpha value is -1.83. The number of amides is 1. The highest BCUT2D eigenvalue weighted by Gasteiger charge is 2.35. The Morgan fingerprint density at radius 2 is 2.00 bits per heavy atom. The first-order valence-electron chi connectivity index (χ1n) is 8.49. The van der Waals surface area contributed by atoms with E-state index in [0.29, 0.717) is 5.75 Å². The smallest absolute Gasteiger partial charge is 0.254 e. The summed E-state index contributed by atoms with van der Waals surface area (Å²) in [6.07, 6.45) is 0.282. The first kappa shape index (κ1) is 20.9. The zero-order valence-electron chi connectivity index (χ0n) is 15.0. The van der Waals surface area contributed by atoms with E-state index in [0.717, 1.165) is 0 Å². The molecule has 5 nitrogen and oxygen atoms in total. The number of carbonyl (C=O) groups is 1. The molecule has 1 atom stereocenters. The summed E-state index contributed by atoms with van der Waals surface area (Å²) in [7, 11) is -1.80. The molecule has 0 spiro atoms. The molecule has 1 aliphatic rings. The number of sulfone groups is 1. The van der Waals surface area contributed by atoms with Gasteiger partial charge in [-0.15, -0.1) is 0 Å². The van der Waals surface area contributed by atoms with E-state index in [9.17, 15) is 17.6 Å². The van der Waals surface area contributed by atoms with Gasteiger partial charge in [0.15, 0.2) is 9.84 Å². The molecule has 0 radical (unpaired) electrons. The first-order chi connectivity index (χ1) is 13.2. The molecular weight excluding hydrogens is 428 g/mol. The number of hydrogen-bond donors (Lipinski definition) is 0. The zero-order chi connectivity index (χ0) is 20.5. The molecule has 3 rings (SSSR count). The van der Waals surface area contributed by atoms with Gasteiger partial charge in [0.2, 0.25) is 0 Å². The molecule has 1 aliphatic heterocycles. The third-order valence-corrected chi connectivity index (χ3v) is 7.10. The normalized spacial score (nSPS) is 18.1. The minimum absolute atomic E-state index is 0.0180. The Labute approximate surface area is 172 Å². The Morgan fingerprint density at radius 1 is 1.25 bits per heavy atom. The van der Waals surface area contributed by atoms with Gasteiger partial charge in [-0.1, -0.05) is 29.3 Å². The van der Waals surface area contributed by atoms with Crippen molar-refractivity contribution < 1.29 is 22.3 Å². The zero-order valence-corrected chi connectivity index (χ0v) is 17.3. The van der Waals surface area contributed by atoms with Gasteiger partial charge in [0, 0.05) is 22.2 Å². The highest BCUT2D eigenvalue weighted by Crippen LogP contribution is 2.29. The fourth-order valence-corrected chi connectivity index (χ4v) is 5.42. The van der Waals surface area contributed by atoms with Crippen molar-refractivity contribution in [3.63, 3.8) is 0 Å². The van der Waals surface area contributed by atoms with Crippen LogP contribution in [0.25, 0.3) is 0 Å². The Bertz CT molecular complexity index is 993.